The number of aromatic nitrogens is 1. The van der Waals surface area contributed by atoms with Gasteiger partial charge in [-0.05, 0) is 31.5 Å². The van der Waals surface area contributed by atoms with Crippen LogP contribution in [0.25, 0.3) is 11.3 Å². The van der Waals surface area contributed by atoms with Crippen molar-refractivity contribution in [3.8, 4) is 11.3 Å². The number of piperazine rings is 1. The molecule has 5 nitrogen and oxygen atoms in total. The maximum absolute atomic E-state index is 12.8. The van der Waals surface area contributed by atoms with Gasteiger partial charge in [-0.15, -0.1) is 0 Å². The first-order valence-corrected chi connectivity index (χ1v) is 8.50. The summed E-state index contributed by atoms with van der Waals surface area (Å²) in [5, 5.41) is 9.53. The lowest BCUT2D eigenvalue weighted by Gasteiger charge is -2.40. The number of aliphatic hydroxyl groups is 1. The van der Waals surface area contributed by atoms with E-state index in [0.717, 1.165) is 24.3 Å². The van der Waals surface area contributed by atoms with Gasteiger partial charge in [-0.1, -0.05) is 30.3 Å². The second-order valence-corrected chi connectivity index (χ2v) is 6.61. The van der Waals surface area contributed by atoms with Crippen molar-refractivity contribution < 1.29 is 9.90 Å². The highest BCUT2D eigenvalue weighted by Crippen LogP contribution is 2.20. The second-order valence-electron chi connectivity index (χ2n) is 6.61. The molecule has 128 valence electrons. The van der Waals surface area contributed by atoms with Gasteiger partial charge < -0.3 is 15.0 Å². The third-order valence-corrected chi connectivity index (χ3v) is 4.50. The Morgan fingerprint density at radius 1 is 1.25 bits per heavy atom. The number of rotatable bonds is 4. The molecule has 1 amide bonds. The molecular weight excluding hydrogens is 302 g/mol. The molecule has 2 heterocycles. The quantitative estimate of drug-likeness (QED) is 0.905. The van der Waals surface area contributed by atoms with Gasteiger partial charge in [-0.2, -0.15) is 0 Å². The molecule has 5 heteroatoms. The molecule has 1 saturated heterocycles. The van der Waals surface area contributed by atoms with Crippen molar-refractivity contribution in [1.29, 1.82) is 0 Å². The summed E-state index contributed by atoms with van der Waals surface area (Å²) in [5.41, 5.74) is 2.66. The van der Waals surface area contributed by atoms with Crippen molar-refractivity contribution >= 4 is 5.91 Å². The molecule has 0 radical (unpaired) electrons. The van der Waals surface area contributed by atoms with E-state index < -0.39 is 0 Å². The highest BCUT2D eigenvalue weighted by molar-refractivity contribution is 5.93. The summed E-state index contributed by atoms with van der Waals surface area (Å²) in [6.07, 6.45) is -0.337. The van der Waals surface area contributed by atoms with E-state index in [4.69, 9.17) is 0 Å². The Morgan fingerprint density at radius 3 is 2.67 bits per heavy atom. The second kappa shape index (κ2) is 7.20. The number of carbonyl (C=O) groups excluding carboxylic acids is 1. The minimum Gasteiger partial charge on any atom is -0.392 e. The molecule has 24 heavy (non-hydrogen) atoms. The maximum atomic E-state index is 12.8. The van der Waals surface area contributed by atoms with Crippen LogP contribution in [0.5, 0.6) is 0 Å². The standard InChI is InChI=1S/C19H25N3O2/c1-14-12-21(13-15(2)23)10-11-22(14)19(24)18-9-8-17(20-18)16-6-4-3-5-7-16/h3-9,14-15,20,23H,10-13H2,1-2H3/t14-,15+/m1/s1. The van der Waals surface area contributed by atoms with Crippen LogP contribution >= 0.6 is 0 Å². The molecule has 1 aliphatic heterocycles. The molecule has 1 aromatic carbocycles. The topological polar surface area (TPSA) is 59.6 Å². The Kier molecular flexibility index (Phi) is 5.02. The van der Waals surface area contributed by atoms with E-state index in [1.54, 1.807) is 6.92 Å². The minimum absolute atomic E-state index is 0.0429. The van der Waals surface area contributed by atoms with Gasteiger partial charge in [-0.3, -0.25) is 9.69 Å². The normalized spacial score (nSPS) is 20.1. The fourth-order valence-electron chi connectivity index (χ4n) is 3.33. The number of hydrogen-bond donors (Lipinski definition) is 2. The lowest BCUT2D eigenvalue weighted by molar-refractivity contribution is 0.0379. The zero-order valence-corrected chi connectivity index (χ0v) is 14.3. The van der Waals surface area contributed by atoms with E-state index >= 15 is 0 Å². The average Bonchev–Trinajstić information content (AvgIpc) is 3.05. The van der Waals surface area contributed by atoms with Crippen LogP contribution in [0.2, 0.25) is 0 Å². The van der Waals surface area contributed by atoms with Crippen LogP contribution < -0.4 is 0 Å². The van der Waals surface area contributed by atoms with Crippen LogP contribution in [-0.2, 0) is 0 Å². The number of aromatic amines is 1. The Hall–Kier alpha value is -2.11. The van der Waals surface area contributed by atoms with Crippen molar-refractivity contribution in [2.45, 2.75) is 26.0 Å². The summed E-state index contributed by atoms with van der Waals surface area (Å²) >= 11 is 0. The zero-order chi connectivity index (χ0) is 17.1. The molecule has 1 fully saturated rings. The number of benzene rings is 1. The molecule has 0 bridgehead atoms. The highest BCUT2D eigenvalue weighted by atomic mass is 16.3. The van der Waals surface area contributed by atoms with Crippen LogP contribution in [-0.4, -0.2) is 64.1 Å². The summed E-state index contributed by atoms with van der Waals surface area (Å²) in [5.74, 6) is 0.0429. The van der Waals surface area contributed by atoms with E-state index in [1.807, 2.05) is 47.4 Å². The lowest BCUT2D eigenvalue weighted by atomic mass is 10.1. The molecule has 2 aromatic rings. The molecule has 1 aromatic heterocycles. The first-order chi connectivity index (χ1) is 11.5. The fraction of sp³-hybridized carbons (Fsp3) is 0.421. The Balaban J connectivity index is 1.68. The first kappa shape index (κ1) is 16.7. The number of nitrogens with zero attached hydrogens (tertiary/aromatic N) is 2. The van der Waals surface area contributed by atoms with Crippen molar-refractivity contribution in [2.24, 2.45) is 0 Å². The average molecular weight is 327 g/mol. The summed E-state index contributed by atoms with van der Waals surface area (Å²) < 4.78 is 0. The van der Waals surface area contributed by atoms with Gasteiger partial charge in [0.05, 0.1) is 6.10 Å². The third-order valence-electron chi connectivity index (χ3n) is 4.50. The molecule has 2 atom stereocenters. The van der Waals surface area contributed by atoms with Crippen molar-refractivity contribution in [1.82, 2.24) is 14.8 Å². The van der Waals surface area contributed by atoms with Gasteiger partial charge in [0.25, 0.3) is 5.91 Å². The summed E-state index contributed by atoms with van der Waals surface area (Å²) in [7, 11) is 0. The van der Waals surface area contributed by atoms with E-state index in [1.165, 1.54) is 0 Å². The number of aliphatic hydroxyl groups excluding tert-OH is 1. The minimum atomic E-state index is -0.337. The molecule has 2 N–H and O–H groups in total. The molecule has 1 aliphatic rings. The number of amides is 1. The monoisotopic (exact) mass is 327 g/mol. The molecular formula is C19H25N3O2. The van der Waals surface area contributed by atoms with Gasteiger partial charge in [0, 0.05) is 37.9 Å². The van der Waals surface area contributed by atoms with Gasteiger partial charge in [0.2, 0.25) is 0 Å². The van der Waals surface area contributed by atoms with Crippen molar-refractivity contribution in [2.75, 3.05) is 26.2 Å². The Morgan fingerprint density at radius 2 is 2.00 bits per heavy atom. The van der Waals surface area contributed by atoms with E-state index in [-0.39, 0.29) is 18.1 Å². The van der Waals surface area contributed by atoms with Gasteiger partial charge in [0.15, 0.2) is 0 Å². The maximum Gasteiger partial charge on any atom is 0.270 e. The summed E-state index contributed by atoms with van der Waals surface area (Å²) in [6.45, 7) is 6.80. The zero-order valence-electron chi connectivity index (χ0n) is 14.3. The Labute approximate surface area is 142 Å². The highest BCUT2D eigenvalue weighted by Gasteiger charge is 2.29. The number of hydrogen-bond acceptors (Lipinski definition) is 3. The SMILES string of the molecule is C[C@H](O)CN1CCN(C(=O)c2ccc(-c3ccccc3)[nH]2)[C@H](C)C1. The third kappa shape index (κ3) is 3.68. The van der Waals surface area contributed by atoms with Crippen LogP contribution in [0.3, 0.4) is 0 Å². The fourth-order valence-corrected chi connectivity index (χ4v) is 3.33. The summed E-state index contributed by atoms with van der Waals surface area (Å²) in [4.78, 5) is 20.2. The number of β-amino-alcohol motifs (C(OH)–C–C–N with tert-alkyl or cyclic N) is 1. The van der Waals surface area contributed by atoms with Crippen LogP contribution in [0.15, 0.2) is 42.5 Å². The smallest absolute Gasteiger partial charge is 0.270 e. The van der Waals surface area contributed by atoms with E-state index in [9.17, 15) is 9.90 Å². The number of carbonyl (C=O) groups is 1. The summed E-state index contributed by atoms with van der Waals surface area (Å²) in [6, 6.07) is 14.0. The number of nitrogens with one attached hydrogen (secondary N) is 1. The van der Waals surface area contributed by atoms with Crippen LogP contribution in [0.4, 0.5) is 0 Å². The van der Waals surface area contributed by atoms with E-state index in [2.05, 4.69) is 16.8 Å². The van der Waals surface area contributed by atoms with Crippen LogP contribution in [0.1, 0.15) is 24.3 Å². The van der Waals surface area contributed by atoms with Crippen molar-refractivity contribution in [3.05, 3.63) is 48.2 Å². The van der Waals surface area contributed by atoms with Gasteiger partial charge in [0.1, 0.15) is 5.69 Å². The van der Waals surface area contributed by atoms with Crippen molar-refractivity contribution in [3.63, 3.8) is 0 Å². The molecule has 0 spiro atoms. The van der Waals surface area contributed by atoms with E-state index in [0.29, 0.717) is 18.8 Å². The largest absolute Gasteiger partial charge is 0.392 e. The molecule has 0 unspecified atom stereocenters. The molecule has 0 saturated carbocycles. The molecule has 3 rings (SSSR count). The molecule has 0 aliphatic carbocycles. The number of H-pyrrole nitrogens is 1. The first-order valence-electron chi connectivity index (χ1n) is 8.50. The lowest BCUT2D eigenvalue weighted by Crippen LogP contribution is -2.55. The van der Waals surface area contributed by atoms with Gasteiger partial charge >= 0.3 is 0 Å². The van der Waals surface area contributed by atoms with Crippen LogP contribution in [0, 0.1) is 0 Å². The Bertz CT molecular complexity index is 681. The predicted molar refractivity (Wildman–Crippen MR) is 94.8 cm³/mol. The predicted octanol–water partition coefficient (Wildman–Crippen LogP) is 2.21. The van der Waals surface area contributed by atoms with Gasteiger partial charge in [-0.25, -0.2) is 0 Å².